The van der Waals surface area contributed by atoms with Crippen molar-refractivity contribution in [2.75, 3.05) is 4.90 Å². The Morgan fingerprint density at radius 1 is 0.407 bits per heavy atom. The maximum atomic E-state index is 2.57. The van der Waals surface area contributed by atoms with E-state index in [-0.39, 0.29) is 10.8 Å². The fraction of sp³-hybridized carbons (Fsp3) is 0.241. The zero-order valence-electron chi connectivity index (χ0n) is 35.7. The summed E-state index contributed by atoms with van der Waals surface area (Å²) in [6, 6.07) is 64.1. The Bertz CT molecular complexity index is 2740. The van der Waals surface area contributed by atoms with E-state index in [1.54, 1.807) is 0 Å². The van der Waals surface area contributed by atoms with Crippen molar-refractivity contribution in [2.24, 2.45) is 0 Å². The van der Waals surface area contributed by atoms with E-state index in [1.165, 1.54) is 109 Å². The Morgan fingerprint density at radius 3 is 1.49 bits per heavy atom. The standard InChI is InChI=1S/C58H57N/c1-57(2,3)44-37-43(38-45(39-44)58(4,5)6)47-28-12-15-34-53(47)59(54-35-16-13-29-50(54)49-32-18-24-40-23-10-11-27-46(40)49)55-36-17-14-30-51(55)52-33-20-26-42-25-19-31-48(56(42)52)41-21-8-7-9-22-41/h10-20,23-39,41H,7-9,21-22H2,1-6H3. The molecule has 0 atom stereocenters. The first-order chi connectivity index (χ1) is 28.6. The first-order valence-corrected chi connectivity index (χ1v) is 21.8. The number of para-hydroxylation sites is 3. The molecule has 8 aromatic rings. The highest BCUT2D eigenvalue weighted by Gasteiger charge is 2.27. The van der Waals surface area contributed by atoms with Gasteiger partial charge in [-0.25, -0.2) is 0 Å². The van der Waals surface area contributed by atoms with Crippen LogP contribution >= 0.6 is 0 Å². The molecule has 1 saturated carbocycles. The topological polar surface area (TPSA) is 3.24 Å². The van der Waals surface area contributed by atoms with Crippen LogP contribution < -0.4 is 4.90 Å². The molecule has 0 aromatic heterocycles. The van der Waals surface area contributed by atoms with Crippen molar-refractivity contribution < 1.29 is 0 Å². The van der Waals surface area contributed by atoms with Crippen LogP contribution in [0.25, 0.3) is 54.9 Å². The summed E-state index contributed by atoms with van der Waals surface area (Å²) in [4.78, 5) is 2.57. The van der Waals surface area contributed by atoms with Crippen molar-refractivity contribution in [3.63, 3.8) is 0 Å². The highest BCUT2D eigenvalue weighted by Crippen LogP contribution is 2.50. The molecule has 0 N–H and O–H groups in total. The van der Waals surface area contributed by atoms with Crippen LogP contribution in [-0.4, -0.2) is 0 Å². The maximum Gasteiger partial charge on any atom is 0.0540 e. The molecule has 59 heavy (non-hydrogen) atoms. The van der Waals surface area contributed by atoms with Crippen molar-refractivity contribution in [3.05, 3.63) is 187 Å². The summed E-state index contributed by atoms with van der Waals surface area (Å²) in [5.74, 6) is 0.580. The molecule has 0 heterocycles. The summed E-state index contributed by atoms with van der Waals surface area (Å²) in [5, 5.41) is 5.21. The van der Waals surface area contributed by atoms with Gasteiger partial charge in [-0.1, -0.05) is 212 Å². The summed E-state index contributed by atoms with van der Waals surface area (Å²) in [6.07, 6.45) is 6.48. The van der Waals surface area contributed by atoms with Crippen molar-refractivity contribution >= 4 is 38.6 Å². The predicted molar refractivity (Wildman–Crippen MR) is 256 cm³/mol. The quantitative estimate of drug-likeness (QED) is 0.156. The Hall–Kier alpha value is -5.92. The predicted octanol–water partition coefficient (Wildman–Crippen LogP) is 17.1. The number of hydrogen-bond acceptors (Lipinski definition) is 1. The molecular formula is C58H57N. The van der Waals surface area contributed by atoms with Crippen LogP contribution in [0, 0.1) is 0 Å². The van der Waals surface area contributed by atoms with Gasteiger partial charge in [-0.3, -0.25) is 0 Å². The minimum Gasteiger partial charge on any atom is -0.309 e. The van der Waals surface area contributed by atoms with E-state index in [2.05, 4.69) is 216 Å². The molecule has 1 aliphatic carbocycles. The number of fused-ring (bicyclic) bond motifs is 2. The highest BCUT2D eigenvalue weighted by molar-refractivity contribution is 6.07. The van der Waals surface area contributed by atoms with Gasteiger partial charge in [0.2, 0.25) is 0 Å². The molecule has 1 heteroatoms. The number of anilines is 3. The first-order valence-electron chi connectivity index (χ1n) is 21.8. The fourth-order valence-electron chi connectivity index (χ4n) is 9.55. The summed E-state index contributed by atoms with van der Waals surface area (Å²) in [6.45, 7) is 14.0. The largest absolute Gasteiger partial charge is 0.309 e. The van der Waals surface area contributed by atoms with Crippen LogP contribution in [0.3, 0.4) is 0 Å². The minimum atomic E-state index is -0.0113. The van der Waals surface area contributed by atoms with Gasteiger partial charge in [0, 0.05) is 16.7 Å². The number of benzene rings is 8. The SMILES string of the molecule is CC(C)(C)c1cc(-c2ccccc2N(c2ccccc2-c2cccc3ccccc23)c2ccccc2-c2cccc3cccc(C4CCCCC4)c23)cc(C(C)(C)C)c1. The lowest BCUT2D eigenvalue weighted by Gasteiger charge is -2.33. The van der Waals surface area contributed by atoms with Gasteiger partial charge in [0.25, 0.3) is 0 Å². The Labute approximate surface area is 352 Å². The molecular weight excluding hydrogens is 711 g/mol. The van der Waals surface area contributed by atoms with E-state index >= 15 is 0 Å². The second-order valence-electron chi connectivity index (χ2n) is 18.8. The second kappa shape index (κ2) is 15.7. The van der Waals surface area contributed by atoms with E-state index in [4.69, 9.17) is 0 Å². The highest BCUT2D eigenvalue weighted by atomic mass is 15.1. The van der Waals surface area contributed by atoms with Crippen LogP contribution in [-0.2, 0) is 10.8 Å². The van der Waals surface area contributed by atoms with E-state index < -0.39 is 0 Å². The monoisotopic (exact) mass is 767 g/mol. The number of rotatable bonds is 7. The lowest BCUT2D eigenvalue weighted by molar-refractivity contribution is 0.445. The Morgan fingerprint density at radius 2 is 0.864 bits per heavy atom. The van der Waals surface area contributed by atoms with E-state index in [9.17, 15) is 0 Å². The smallest absolute Gasteiger partial charge is 0.0540 e. The summed E-state index contributed by atoms with van der Waals surface area (Å²) in [7, 11) is 0. The van der Waals surface area contributed by atoms with Crippen molar-refractivity contribution in [1.29, 1.82) is 0 Å². The molecule has 9 rings (SSSR count). The molecule has 0 saturated heterocycles. The molecule has 0 bridgehead atoms. The van der Waals surface area contributed by atoms with Gasteiger partial charge in [0.1, 0.15) is 0 Å². The van der Waals surface area contributed by atoms with E-state index in [0.717, 1.165) is 11.4 Å². The van der Waals surface area contributed by atoms with Gasteiger partial charge >= 0.3 is 0 Å². The van der Waals surface area contributed by atoms with Crippen LogP contribution in [0.15, 0.2) is 170 Å². The Kier molecular flexibility index (Phi) is 10.3. The van der Waals surface area contributed by atoms with Crippen molar-refractivity contribution in [1.82, 2.24) is 0 Å². The third kappa shape index (κ3) is 7.49. The van der Waals surface area contributed by atoms with Gasteiger partial charge in [-0.15, -0.1) is 0 Å². The number of nitrogens with zero attached hydrogens (tertiary/aromatic N) is 1. The molecule has 1 aliphatic rings. The third-order valence-corrected chi connectivity index (χ3v) is 12.8. The van der Waals surface area contributed by atoms with Crippen LogP contribution in [0.1, 0.15) is 96.3 Å². The first kappa shape index (κ1) is 38.6. The van der Waals surface area contributed by atoms with Gasteiger partial charge in [-0.05, 0) is 103 Å². The Balaban J connectivity index is 1.36. The van der Waals surface area contributed by atoms with E-state index in [0.29, 0.717) is 5.92 Å². The minimum absolute atomic E-state index is 0.0113. The molecule has 0 unspecified atom stereocenters. The average molecular weight is 768 g/mol. The van der Waals surface area contributed by atoms with Crippen LogP contribution in [0.2, 0.25) is 0 Å². The molecule has 0 aliphatic heterocycles. The number of hydrogen-bond donors (Lipinski definition) is 0. The molecule has 8 aromatic carbocycles. The lowest BCUT2D eigenvalue weighted by Crippen LogP contribution is -2.17. The van der Waals surface area contributed by atoms with Gasteiger partial charge in [-0.2, -0.15) is 0 Å². The lowest BCUT2D eigenvalue weighted by atomic mass is 9.78. The van der Waals surface area contributed by atoms with E-state index in [1.807, 2.05) is 0 Å². The third-order valence-electron chi connectivity index (χ3n) is 12.8. The normalized spacial score (nSPS) is 13.9. The molecule has 294 valence electrons. The zero-order valence-corrected chi connectivity index (χ0v) is 35.7. The summed E-state index contributed by atoms with van der Waals surface area (Å²) >= 11 is 0. The summed E-state index contributed by atoms with van der Waals surface area (Å²) in [5.41, 5.74) is 15.1. The molecule has 0 radical (unpaired) electrons. The molecule has 0 amide bonds. The van der Waals surface area contributed by atoms with Crippen LogP contribution in [0.5, 0.6) is 0 Å². The van der Waals surface area contributed by atoms with Crippen LogP contribution in [0.4, 0.5) is 17.1 Å². The maximum absolute atomic E-state index is 2.57. The van der Waals surface area contributed by atoms with Crippen molar-refractivity contribution in [2.45, 2.75) is 90.4 Å². The molecule has 0 spiro atoms. The zero-order chi connectivity index (χ0) is 40.7. The van der Waals surface area contributed by atoms with Gasteiger partial charge in [0.15, 0.2) is 0 Å². The average Bonchev–Trinajstić information content (AvgIpc) is 3.26. The second-order valence-corrected chi connectivity index (χ2v) is 18.8. The fourth-order valence-corrected chi connectivity index (χ4v) is 9.55. The molecule has 1 fully saturated rings. The van der Waals surface area contributed by atoms with Crippen molar-refractivity contribution in [3.8, 4) is 33.4 Å². The van der Waals surface area contributed by atoms with Gasteiger partial charge < -0.3 is 4.90 Å². The molecule has 1 nitrogen and oxygen atoms in total. The summed E-state index contributed by atoms with van der Waals surface area (Å²) < 4.78 is 0. The van der Waals surface area contributed by atoms with Gasteiger partial charge in [0.05, 0.1) is 17.1 Å².